The van der Waals surface area contributed by atoms with Gasteiger partial charge in [-0.2, -0.15) is 4.80 Å². The molecular formula is C11H16N6. The first-order valence-corrected chi connectivity index (χ1v) is 5.61. The highest BCUT2D eigenvalue weighted by atomic mass is 15.6. The van der Waals surface area contributed by atoms with Crippen molar-refractivity contribution in [3.05, 3.63) is 35.9 Å². The molecule has 0 bridgehead atoms. The molecular weight excluding hydrogens is 216 g/mol. The van der Waals surface area contributed by atoms with Crippen molar-refractivity contribution in [2.75, 3.05) is 0 Å². The summed E-state index contributed by atoms with van der Waals surface area (Å²) in [5, 5.41) is 11.8. The molecule has 1 atom stereocenters. The fourth-order valence-corrected chi connectivity index (χ4v) is 1.64. The molecule has 0 aromatic carbocycles. The van der Waals surface area contributed by atoms with E-state index in [-0.39, 0.29) is 6.04 Å². The van der Waals surface area contributed by atoms with Crippen molar-refractivity contribution in [1.82, 2.24) is 25.2 Å². The van der Waals surface area contributed by atoms with Gasteiger partial charge in [0.25, 0.3) is 0 Å². The van der Waals surface area contributed by atoms with Crippen LogP contribution >= 0.6 is 0 Å². The minimum absolute atomic E-state index is 0.0624. The first-order valence-electron chi connectivity index (χ1n) is 5.61. The number of nitrogens with zero attached hydrogens (tertiary/aromatic N) is 5. The second kappa shape index (κ2) is 5.49. The quantitative estimate of drug-likeness (QED) is 0.791. The van der Waals surface area contributed by atoms with Gasteiger partial charge in [0.05, 0.1) is 7.05 Å². The van der Waals surface area contributed by atoms with Crippen LogP contribution in [0.15, 0.2) is 24.5 Å². The maximum atomic E-state index is 6.03. The van der Waals surface area contributed by atoms with Crippen LogP contribution in [0.1, 0.15) is 17.8 Å². The normalized spacial score (nSPS) is 12.6. The van der Waals surface area contributed by atoms with Crippen LogP contribution in [-0.4, -0.2) is 31.2 Å². The minimum atomic E-state index is 0.0624. The van der Waals surface area contributed by atoms with E-state index < -0.39 is 0 Å². The second-order valence-corrected chi connectivity index (χ2v) is 4.05. The maximum Gasteiger partial charge on any atom is 0.176 e. The van der Waals surface area contributed by atoms with Gasteiger partial charge >= 0.3 is 0 Å². The highest BCUT2D eigenvalue weighted by Gasteiger charge is 2.08. The van der Waals surface area contributed by atoms with Crippen LogP contribution in [0.5, 0.6) is 0 Å². The molecule has 2 heterocycles. The third-order valence-electron chi connectivity index (χ3n) is 2.55. The highest BCUT2D eigenvalue weighted by Crippen LogP contribution is 2.05. The Hall–Kier alpha value is -1.82. The van der Waals surface area contributed by atoms with Gasteiger partial charge in [-0.05, 0) is 35.8 Å². The van der Waals surface area contributed by atoms with Crippen LogP contribution in [-0.2, 0) is 19.9 Å². The lowest BCUT2D eigenvalue weighted by Gasteiger charge is -2.08. The second-order valence-electron chi connectivity index (χ2n) is 4.05. The molecule has 2 aromatic rings. The first kappa shape index (κ1) is 11.7. The van der Waals surface area contributed by atoms with Gasteiger partial charge in [-0.25, -0.2) is 0 Å². The fraction of sp³-hybridized carbons (Fsp3) is 0.455. The van der Waals surface area contributed by atoms with Crippen molar-refractivity contribution in [2.24, 2.45) is 12.8 Å². The van der Waals surface area contributed by atoms with Crippen LogP contribution < -0.4 is 5.73 Å². The van der Waals surface area contributed by atoms with Crippen molar-refractivity contribution >= 4 is 0 Å². The lowest BCUT2D eigenvalue weighted by atomic mass is 10.0. The van der Waals surface area contributed by atoms with Crippen molar-refractivity contribution < 1.29 is 0 Å². The fourth-order valence-electron chi connectivity index (χ4n) is 1.64. The van der Waals surface area contributed by atoms with E-state index >= 15 is 0 Å². The van der Waals surface area contributed by atoms with Crippen molar-refractivity contribution in [2.45, 2.75) is 25.3 Å². The van der Waals surface area contributed by atoms with Crippen LogP contribution in [0.2, 0.25) is 0 Å². The summed E-state index contributed by atoms with van der Waals surface area (Å²) in [5.74, 6) is 0.703. The molecule has 17 heavy (non-hydrogen) atoms. The van der Waals surface area contributed by atoms with Crippen LogP contribution in [0.4, 0.5) is 0 Å². The van der Waals surface area contributed by atoms with Gasteiger partial charge < -0.3 is 5.73 Å². The number of hydrogen-bond acceptors (Lipinski definition) is 5. The Bertz CT molecular complexity index is 452. The number of rotatable bonds is 5. The van der Waals surface area contributed by atoms with E-state index in [2.05, 4.69) is 20.4 Å². The van der Waals surface area contributed by atoms with Gasteiger partial charge in [0.15, 0.2) is 5.82 Å². The predicted molar refractivity (Wildman–Crippen MR) is 63.0 cm³/mol. The molecule has 6 heteroatoms. The molecule has 90 valence electrons. The van der Waals surface area contributed by atoms with Gasteiger partial charge in [-0.15, -0.1) is 10.2 Å². The van der Waals surface area contributed by atoms with Gasteiger partial charge in [0.1, 0.15) is 0 Å². The number of aryl methyl sites for hydroxylation is 2. The smallest absolute Gasteiger partial charge is 0.176 e. The summed E-state index contributed by atoms with van der Waals surface area (Å²) in [6.45, 7) is 0. The van der Waals surface area contributed by atoms with E-state index in [1.165, 1.54) is 10.4 Å². The molecule has 0 aliphatic carbocycles. The molecule has 0 radical (unpaired) electrons. The molecule has 0 aliphatic heterocycles. The van der Waals surface area contributed by atoms with Gasteiger partial charge in [-0.1, -0.05) is 0 Å². The largest absolute Gasteiger partial charge is 0.327 e. The number of hydrogen-bond donors (Lipinski definition) is 1. The molecule has 0 saturated carbocycles. The van der Waals surface area contributed by atoms with Gasteiger partial charge in [0.2, 0.25) is 0 Å². The van der Waals surface area contributed by atoms with Crippen LogP contribution in [0.25, 0.3) is 0 Å². The van der Waals surface area contributed by atoms with E-state index in [1.54, 1.807) is 19.4 Å². The Morgan fingerprint density at radius 3 is 2.76 bits per heavy atom. The monoisotopic (exact) mass is 232 g/mol. The number of nitrogens with two attached hydrogens (primary N) is 1. The number of aromatic nitrogens is 5. The molecule has 2 aromatic heterocycles. The zero-order valence-corrected chi connectivity index (χ0v) is 9.82. The Labute approximate surface area is 99.9 Å². The topological polar surface area (TPSA) is 82.5 Å². The van der Waals surface area contributed by atoms with Crippen molar-refractivity contribution in [1.29, 1.82) is 0 Å². The molecule has 0 saturated heterocycles. The Kier molecular flexibility index (Phi) is 3.77. The van der Waals surface area contributed by atoms with E-state index in [4.69, 9.17) is 5.73 Å². The summed E-state index contributed by atoms with van der Waals surface area (Å²) in [4.78, 5) is 5.43. The maximum absolute atomic E-state index is 6.03. The summed E-state index contributed by atoms with van der Waals surface area (Å²) in [6.07, 6.45) is 6.11. The summed E-state index contributed by atoms with van der Waals surface area (Å²) in [6, 6.07) is 4.08. The SMILES string of the molecule is Cn1nnc(CC(N)CCc2ccncc2)n1. The highest BCUT2D eigenvalue weighted by molar-refractivity contribution is 5.09. The van der Waals surface area contributed by atoms with Crippen LogP contribution in [0.3, 0.4) is 0 Å². The first-order chi connectivity index (χ1) is 8.24. The Balaban J connectivity index is 1.80. The summed E-state index contributed by atoms with van der Waals surface area (Å²) in [7, 11) is 1.75. The molecule has 0 amide bonds. The van der Waals surface area contributed by atoms with E-state index in [1.807, 2.05) is 12.1 Å². The molecule has 0 aliphatic rings. The van der Waals surface area contributed by atoms with E-state index in [0.29, 0.717) is 12.2 Å². The zero-order chi connectivity index (χ0) is 12.1. The van der Waals surface area contributed by atoms with Crippen LogP contribution in [0, 0.1) is 0 Å². The van der Waals surface area contributed by atoms with Gasteiger partial charge in [0, 0.05) is 24.9 Å². The molecule has 2 N–H and O–H groups in total. The van der Waals surface area contributed by atoms with Crippen molar-refractivity contribution in [3.63, 3.8) is 0 Å². The number of pyridine rings is 1. The molecule has 0 spiro atoms. The molecule has 0 fully saturated rings. The summed E-state index contributed by atoms with van der Waals surface area (Å²) >= 11 is 0. The van der Waals surface area contributed by atoms with E-state index in [0.717, 1.165) is 12.8 Å². The van der Waals surface area contributed by atoms with Crippen molar-refractivity contribution in [3.8, 4) is 0 Å². The summed E-state index contributed by atoms with van der Waals surface area (Å²) < 4.78 is 0. The van der Waals surface area contributed by atoms with E-state index in [9.17, 15) is 0 Å². The average Bonchev–Trinajstić information content (AvgIpc) is 2.73. The minimum Gasteiger partial charge on any atom is -0.327 e. The predicted octanol–water partition coefficient (Wildman–Crippen LogP) is 0.108. The summed E-state index contributed by atoms with van der Waals surface area (Å²) in [5.41, 5.74) is 7.28. The third kappa shape index (κ3) is 3.60. The number of tetrazole rings is 1. The van der Waals surface area contributed by atoms with Gasteiger partial charge in [-0.3, -0.25) is 4.98 Å². The average molecular weight is 232 g/mol. The molecule has 1 unspecified atom stereocenters. The zero-order valence-electron chi connectivity index (χ0n) is 9.82. The lowest BCUT2D eigenvalue weighted by Crippen LogP contribution is -2.24. The molecule has 6 nitrogen and oxygen atoms in total. The Morgan fingerprint density at radius 1 is 1.35 bits per heavy atom. The standard InChI is InChI=1S/C11H16N6/c1-17-15-11(14-16-17)8-10(12)3-2-9-4-6-13-7-5-9/h4-7,10H,2-3,8,12H2,1H3. The Morgan fingerprint density at radius 2 is 2.12 bits per heavy atom. The third-order valence-corrected chi connectivity index (χ3v) is 2.55. The molecule has 2 rings (SSSR count). The lowest BCUT2D eigenvalue weighted by molar-refractivity contribution is 0.587.